The number of carbonyl (C=O) groups is 1. The zero-order valence-electron chi connectivity index (χ0n) is 13.4. The van der Waals surface area contributed by atoms with Gasteiger partial charge in [-0.1, -0.05) is 13.8 Å². The molecular formula is C16H27N3O2. The molecule has 0 radical (unpaired) electrons. The van der Waals surface area contributed by atoms with Gasteiger partial charge in [-0.3, -0.25) is 14.4 Å². The number of hydrogen-bond acceptors (Lipinski definition) is 3. The Balaban J connectivity index is 2.00. The van der Waals surface area contributed by atoms with Crippen LogP contribution in [0.4, 0.5) is 0 Å². The summed E-state index contributed by atoms with van der Waals surface area (Å²) in [7, 11) is 0. The molecule has 5 nitrogen and oxygen atoms in total. The Hall–Kier alpha value is -1.36. The van der Waals surface area contributed by atoms with Crippen LogP contribution in [0.15, 0.2) is 12.3 Å². The second kappa shape index (κ2) is 6.60. The molecule has 1 unspecified atom stereocenters. The number of aromatic nitrogens is 2. The average molecular weight is 293 g/mol. The van der Waals surface area contributed by atoms with Crippen molar-refractivity contribution in [3.63, 3.8) is 0 Å². The van der Waals surface area contributed by atoms with Crippen LogP contribution >= 0.6 is 0 Å². The summed E-state index contributed by atoms with van der Waals surface area (Å²) >= 11 is 0. The first-order chi connectivity index (χ1) is 9.98. The monoisotopic (exact) mass is 293 g/mol. The summed E-state index contributed by atoms with van der Waals surface area (Å²) < 4.78 is 2.05. The molecule has 0 aromatic carbocycles. The van der Waals surface area contributed by atoms with Crippen LogP contribution in [0.3, 0.4) is 0 Å². The van der Waals surface area contributed by atoms with Crippen molar-refractivity contribution in [3.05, 3.63) is 18.0 Å². The van der Waals surface area contributed by atoms with E-state index in [4.69, 9.17) is 0 Å². The van der Waals surface area contributed by atoms with E-state index in [1.807, 2.05) is 13.1 Å². The molecule has 5 heteroatoms. The third-order valence-corrected chi connectivity index (χ3v) is 4.66. The van der Waals surface area contributed by atoms with Gasteiger partial charge in [0.25, 0.3) is 0 Å². The molecule has 1 aliphatic rings. The first-order valence-electron chi connectivity index (χ1n) is 7.98. The summed E-state index contributed by atoms with van der Waals surface area (Å²) in [6.07, 6.45) is 5.92. The van der Waals surface area contributed by atoms with Crippen molar-refractivity contribution in [1.29, 1.82) is 0 Å². The minimum absolute atomic E-state index is 0.462. The Kier molecular flexibility index (Phi) is 5.04. The van der Waals surface area contributed by atoms with Crippen LogP contribution in [-0.2, 0) is 11.3 Å². The normalized spacial score (nSPS) is 23.6. The van der Waals surface area contributed by atoms with E-state index < -0.39 is 11.4 Å². The standard InChI is InChI=1S/C16H27N3O2/c1-4-14(5-2)19-10-7-13(17-19)11-18-9-6-8-16(3,12-18)15(20)21/h7,10,14H,4-6,8-9,11-12H2,1-3H3,(H,20,21). The molecule has 1 saturated heterocycles. The van der Waals surface area contributed by atoms with E-state index in [1.165, 1.54) is 0 Å². The first kappa shape index (κ1) is 16.0. The molecule has 21 heavy (non-hydrogen) atoms. The fraction of sp³-hybridized carbons (Fsp3) is 0.750. The van der Waals surface area contributed by atoms with Gasteiger partial charge in [0, 0.05) is 19.3 Å². The van der Waals surface area contributed by atoms with Gasteiger partial charge in [0.2, 0.25) is 0 Å². The summed E-state index contributed by atoms with van der Waals surface area (Å²) in [5.74, 6) is -0.685. The minimum Gasteiger partial charge on any atom is -0.481 e. The predicted molar refractivity (Wildman–Crippen MR) is 82.1 cm³/mol. The van der Waals surface area contributed by atoms with Gasteiger partial charge in [0.15, 0.2) is 0 Å². The number of likely N-dealkylation sites (tertiary alicyclic amines) is 1. The van der Waals surface area contributed by atoms with E-state index in [2.05, 4.69) is 34.6 Å². The van der Waals surface area contributed by atoms with Crippen molar-refractivity contribution in [2.45, 2.75) is 59.0 Å². The molecule has 1 aromatic heterocycles. The Morgan fingerprint density at radius 2 is 2.19 bits per heavy atom. The van der Waals surface area contributed by atoms with Crippen LogP contribution in [0.5, 0.6) is 0 Å². The van der Waals surface area contributed by atoms with Crippen LogP contribution in [0, 0.1) is 5.41 Å². The zero-order valence-corrected chi connectivity index (χ0v) is 13.4. The number of carboxylic acid groups (broad SMARTS) is 1. The summed E-state index contributed by atoms with van der Waals surface area (Å²) in [5, 5.41) is 14.0. The second-order valence-corrected chi connectivity index (χ2v) is 6.44. The molecule has 2 rings (SSSR count). The van der Waals surface area contributed by atoms with Crippen LogP contribution in [0.1, 0.15) is 58.2 Å². The molecule has 0 aliphatic carbocycles. The number of nitrogens with zero attached hydrogens (tertiary/aromatic N) is 3. The van der Waals surface area contributed by atoms with Gasteiger partial charge in [0.1, 0.15) is 0 Å². The number of rotatable bonds is 6. The van der Waals surface area contributed by atoms with E-state index in [9.17, 15) is 9.90 Å². The van der Waals surface area contributed by atoms with Gasteiger partial charge >= 0.3 is 5.97 Å². The van der Waals surface area contributed by atoms with Gasteiger partial charge in [-0.05, 0) is 45.2 Å². The zero-order chi connectivity index (χ0) is 15.5. The van der Waals surface area contributed by atoms with Crippen LogP contribution < -0.4 is 0 Å². The highest BCUT2D eigenvalue weighted by atomic mass is 16.4. The molecule has 0 saturated carbocycles. The lowest BCUT2D eigenvalue weighted by atomic mass is 9.82. The highest BCUT2D eigenvalue weighted by molar-refractivity contribution is 5.74. The Morgan fingerprint density at radius 3 is 2.81 bits per heavy atom. The van der Waals surface area contributed by atoms with Crippen LogP contribution in [0.2, 0.25) is 0 Å². The summed E-state index contributed by atoms with van der Waals surface area (Å²) in [4.78, 5) is 13.6. The molecule has 1 N–H and O–H groups in total. The Labute approximate surface area is 126 Å². The topological polar surface area (TPSA) is 58.4 Å². The largest absolute Gasteiger partial charge is 0.481 e. The molecule has 0 bridgehead atoms. The second-order valence-electron chi connectivity index (χ2n) is 6.44. The summed E-state index contributed by atoms with van der Waals surface area (Å²) in [5.41, 5.74) is 0.424. The highest BCUT2D eigenvalue weighted by Gasteiger charge is 2.37. The van der Waals surface area contributed by atoms with E-state index in [-0.39, 0.29) is 0 Å². The maximum atomic E-state index is 11.4. The van der Waals surface area contributed by atoms with E-state index in [0.717, 1.165) is 44.5 Å². The summed E-state index contributed by atoms with van der Waals surface area (Å²) in [6, 6.07) is 2.52. The number of carboxylic acids is 1. The third-order valence-electron chi connectivity index (χ3n) is 4.66. The lowest BCUT2D eigenvalue weighted by Crippen LogP contribution is -2.45. The van der Waals surface area contributed by atoms with Crippen molar-refractivity contribution in [2.75, 3.05) is 13.1 Å². The maximum Gasteiger partial charge on any atom is 0.310 e. The molecule has 118 valence electrons. The highest BCUT2D eigenvalue weighted by Crippen LogP contribution is 2.30. The fourth-order valence-corrected chi connectivity index (χ4v) is 3.21. The third kappa shape index (κ3) is 3.64. The first-order valence-corrected chi connectivity index (χ1v) is 7.98. The van der Waals surface area contributed by atoms with Crippen molar-refractivity contribution >= 4 is 5.97 Å². The SMILES string of the molecule is CCC(CC)n1ccc(CN2CCCC(C)(C(=O)O)C2)n1. The molecular weight excluding hydrogens is 266 g/mol. The van der Waals surface area contributed by atoms with Crippen molar-refractivity contribution in [2.24, 2.45) is 5.41 Å². The van der Waals surface area contributed by atoms with Gasteiger partial charge < -0.3 is 5.11 Å². The quantitative estimate of drug-likeness (QED) is 0.876. The minimum atomic E-state index is -0.685. The van der Waals surface area contributed by atoms with Crippen molar-refractivity contribution < 1.29 is 9.90 Å². The Morgan fingerprint density at radius 1 is 1.48 bits per heavy atom. The van der Waals surface area contributed by atoms with E-state index >= 15 is 0 Å². The van der Waals surface area contributed by atoms with Crippen molar-refractivity contribution in [3.8, 4) is 0 Å². The van der Waals surface area contributed by atoms with Crippen molar-refractivity contribution in [1.82, 2.24) is 14.7 Å². The van der Waals surface area contributed by atoms with Gasteiger partial charge in [0.05, 0.1) is 17.2 Å². The van der Waals surface area contributed by atoms with Gasteiger partial charge in [-0.15, -0.1) is 0 Å². The van der Waals surface area contributed by atoms with E-state index in [1.54, 1.807) is 0 Å². The predicted octanol–water partition coefficient (Wildman–Crippen LogP) is 2.93. The van der Waals surface area contributed by atoms with Gasteiger partial charge in [-0.2, -0.15) is 5.10 Å². The van der Waals surface area contributed by atoms with Crippen LogP contribution in [0.25, 0.3) is 0 Å². The van der Waals surface area contributed by atoms with Gasteiger partial charge in [-0.25, -0.2) is 0 Å². The molecule has 1 aromatic rings. The number of aliphatic carboxylic acids is 1. The molecule has 1 aliphatic heterocycles. The smallest absolute Gasteiger partial charge is 0.310 e. The molecule has 2 heterocycles. The van der Waals surface area contributed by atoms with E-state index in [0.29, 0.717) is 12.6 Å². The Bertz CT molecular complexity index is 482. The molecule has 0 spiro atoms. The summed E-state index contributed by atoms with van der Waals surface area (Å²) in [6.45, 7) is 8.53. The maximum absolute atomic E-state index is 11.4. The molecule has 1 fully saturated rings. The number of piperidine rings is 1. The lowest BCUT2D eigenvalue weighted by molar-refractivity contribution is -0.151. The molecule has 1 atom stereocenters. The molecule has 0 amide bonds. The average Bonchev–Trinajstić information content (AvgIpc) is 2.88. The fourth-order valence-electron chi connectivity index (χ4n) is 3.21. The van der Waals surface area contributed by atoms with Crippen LogP contribution in [-0.4, -0.2) is 38.8 Å². The number of hydrogen-bond donors (Lipinski definition) is 1. The lowest BCUT2D eigenvalue weighted by Gasteiger charge is -2.37.